The molecular weight excluding hydrogens is 254 g/mol. The Balaban J connectivity index is 2.26. The van der Waals surface area contributed by atoms with E-state index in [0.717, 1.165) is 19.3 Å². The van der Waals surface area contributed by atoms with E-state index in [9.17, 15) is 15.0 Å². The van der Waals surface area contributed by atoms with Crippen molar-refractivity contribution >= 4 is 17.5 Å². The lowest BCUT2D eigenvalue weighted by Crippen LogP contribution is -2.44. The number of carbonyl (C=O) groups is 1. The van der Waals surface area contributed by atoms with Crippen LogP contribution in [0.15, 0.2) is 18.2 Å². The molecule has 1 aliphatic heterocycles. The van der Waals surface area contributed by atoms with Gasteiger partial charge in [-0.15, -0.1) is 11.6 Å². The summed E-state index contributed by atoms with van der Waals surface area (Å²) in [5, 5.41) is 19.1. The van der Waals surface area contributed by atoms with Crippen LogP contribution in [0.5, 0.6) is 11.5 Å². The zero-order valence-electron chi connectivity index (χ0n) is 9.97. The van der Waals surface area contributed by atoms with Crippen LogP contribution >= 0.6 is 11.6 Å². The Morgan fingerprint density at radius 2 is 2.17 bits per heavy atom. The minimum absolute atomic E-state index is 0.00895. The number of likely N-dealkylation sites (tertiary alicyclic amines) is 1. The quantitative estimate of drug-likeness (QED) is 0.640. The molecule has 0 bridgehead atoms. The van der Waals surface area contributed by atoms with Crippen LogP contribution in [-0.2, 0) is 0 Å². The summed E-state index contributed by atoms with van der Waals surface area (Å²) in [5.74, 6) is -0.0215. The molecule has 1 fully saturated rings. The molecule has 1 unspecified atom stereocenters. The van der Waals surface area contributed by atoms with Crippen molar-refractivity contribution in [3.05, 3.63) is 23.8 Å². The molecule has 1 atom stereocenters. The topological polar surface area (TPSA) is 60.8 Å². The maximum absolute atomic E-state index is 12.3. The third kappa shape index (κ3) is 2.53. The van der Waals surface area contributed by atoms with Crippen LogP contribution in [0.2, 0.25) is 0 Å². The maximum atomic E-state index is 12.3. The Morgan fingerprint density at radius 1 is 1.39 bits per heavy atom. The predicted octanol–water partition coefficient (Wildman–Crippen LogP) is 2.33. The summed E-state index contributed by atoms with van der Waals surface area (Å²) in [6.07, 6.45) is 2.89. The molecule has 1 aromatic carbocycles. The Hall–Kier alpha value is -1.42. The van der Waals surface area contributed by atoms with Crippen molar-refractivity contribution < 1.29 is 15.0 Å². The van der Waals surface area contributed by atoms with Gasteiger partial charge in [-0.25, -0.2) is 0 Å². The molecule has 1 saturated heterocycles. The first-order chi connectivity index (χ1) is 8.63. The molecule has 2 rings (SSSR count). The molecule has 0 aromatic heterocycles. The van der Waals surface area contributed by atoms with E-state index in [1.165, 1.54) is 18.2 Å². The van der Waals surface area contributed by atoms with Gasteiger partial charge < -0.3 is 15.1 Å². The molecule has 0 spiro atoms. The fraction of sp³-hybridized carbons (Fsp3) is 0.462. The van der Waals surface area contributed by atoms with Crippen LogP contribution in [-0.4, -0.2) is 39.5 Å². The lowest BCUT2D eigenvalue weighted by molar-refractivity contribution is 0.0635. The van der Waals surface area contributed by atoms with E-state index < -0.39 is 0 Å². The zero-order valence-corrected chi connectivity index (χ0v) is 10.7. The SMILES string of the molecule is O=C(c1cc(O)ccc1O)N1CCCCC1CCl. The van der Waals surface area contributed by atoms with Gasteiger partial charge in [0, 0.05) is 18.5 Å². The van der Waals surface area contributed by atoms with Gasteiger partial charge in [-0.1, -0.05) is 0 Å². The summed E-state index contributed by atoms with van der Waals surface area (Å²) in [6.45, 7) is 0.644. The van der Waals surface area contributed by atoms with E-state index in [4.69, 9.17) is 11.6 Å². The molecule has 1 amide bonds. The molecule has 2 N–H and O–H groups in total. The third-order valence-electron chi connectivity index (χ3n) is 3.28. The van der Waals surface area contributed by atoms with Crippen molar-refractivity contribution in [2.24, 2.45) is 0 Å². The smallest absolute Gasteiger partial charge is 0.258 e. The zero-order chi connectivity index (χ0) is 13.1. The number of nitrogens with zero attached hydrogens (tertiary/aromatic N) is 1. The van der Waals surface area contributed by atoms with Gasteiger partial charge in [0.2, 0.25) is 0 Å². The van der Waals surface area contributed by atoms with E-state index >= 15 is 0 Å². The second kappa shape index (κ2) is 5.48. The number of rotatable bonds is 2. The summed E-state index contributed by atoms with van der Waals surface area (Å²) >= 11 is 5.87. The molecule has 0 radical (unpaired) electrons. The molecule has 98 valence electrons. The number of hydrogen-bond acceptors (Lipinski definition) is 3. The van der Waals surface area contributed by atoms with Crippen LogP contribution in [0, 0.1) is 0 Å². The monoisotopic (exact) mass is 269 g/mol. The van der Waals surface area contributed by atoms with Gasteiger partial charge in [0.1, 0.15) is 11.5 Å². The molecule has 1 heterocycles. The Bertz CT molecular complexity index is 450. The lowest BCUT2D eigenvalue weighted by Gasteiger charge is -2.34. The van der Waals surface area contributed by atoms with Crippen molar-refractivity contribution in [3.63, 3.8) is 0 Å². The number of benzene rings is 1. The number of carbonyl (C=O) groups excluding carboxylic acids is 1. The van der Waals surface area contributed by atoms with Gasteiger partial charge in [0.25, 0.3) is 5.91 Å². The number of phenols is 2. The molecule has 0 saturated carbocycles. The van der Waals surface area contributed by atoms with E-state index in [-0.39, 0.29) is 29.0 Å². The van der Waals surface area contributed by atoms with Crippen molar-refractivity contribution in [1.29, 1.82) is 0 Å². The lowest BCUT2D eigenvalue weighted by atomic mass is 10.0. The Kier molecular flexibility index (Phi) is 3.97. The molecule has 1 aliphatic rings. The van der Waals surface area contributed by atoms with Crippen molar-refractivity contribution in [1.82, 2.24) is 4.90 Å². The van der Waals surface area contributed by atoms with Crippen molar-refractivity contribution in [2.75, 3.05) is 12.4 Å². The number of piperidine rings is 1. The summed E-state index contributed by atoms with van der Waals surface area (Å²) in [4.78, 5) is 14.0. The summed E-state index contributed by atoms with van der Waals surface area (Å²) in [6, 6.07) is 3.97. The molecule has 5 heteroatoms. The first-order valence-corrected chi connectivity index (χ1v) is 6.56. The van der Waals surface area contributed by atoms with Gasteiger partial charge in [0.15, 0.2) is 0 Å². The van der Waals surface area contributed by atoms with Gasteiger partial charge in [-0.3, -0.25) is 4.79 Å². The number of phenolic OH excluding ortho intramolecular Hbond substituents is 2. The second-order valence-corrected chi connectivity index (χ2v) is 4.81. The minimum Gasteiger partial charge on any atom is -0.508 e. The maximum Gasteiger partial charge on any atom is 0.258 e. The van der Waals surface area contributed by atoms with Crippen molar-refractivity contribution in [3.8, 4) is 11.5 Å². The van der Waals surface area contributed by atoms with Crippen molar-refractivity contribution in [2.45, 2.75) is 25.3 Å². The Labute approximate surface area is 111 Å². The fourth-order valence-corrected chi connectivity index (χ4v) is 2.60. The van der Waals surface area contributed by atoms with E-state index in [2.05, 4.69) is 0 Å². The molecule has 1 aromatic rings. The third-order valence-corrected chi connectivity index (χ3v) is 3.63. The van der Waals surface area contributed by atoms with Gasteiger partial charge >= 0.3 is 0 Å². The van der Waals surface area contributed by atoms with Gasteiger partial charge in [-0.05, 0) is 37.5 Å². The highest BCUT2D eigenvalue weighted by Crippen LogP contribution is 2.27. The van der Waals surface area contributed by atoms with E-state index in [1.807, 2.05) is 0 Å². The van der Waals surface area contributed by atoms with E-state index in [0.29, 0.717) is 12.4 Å². The largest absolute Gasteiger partial charge is 0.508 e. The first kappa shape index (κ1) is 13.0. The number of aromatic hydroxyl groups is 2. The van der Waals surface area contributed by atoms with Crippen LogP contribution in [0.3, 0.4) is 0 Å². The highest BCUT2D eigenvalue weighted by Gasteiger charge is 2.28. The average molecular weight is 270 g/mol. The highest BCUT2D eigenvalue weighted by molar-refractivity contribution is 6.18. The number of amides is 1. The van der Waals surface area contributed by atoms with Crippen LogP contribution in [0.1, 0.15) is 29.6 Å². The summed E-state index contributed by atoms with van der Waals surface area (Å²) in [5.41, 5.74) is 0.131. The minimum atomic E-state index is -0.270. The summed E-state index contributed by atoms with van der Waals surface area (Å²) < 4.78 is 0. The second-order valence-electron chi connectivity index (χ2n) is 4.50. The molecule has 4 nitrogen and oxygen atoms in total. The molecular formula is C13H16ClNO3. The standard InChI is InChI=1S/C13H16ClNO3/c14-8-9-3-1-2-6-15(9)13(18)11-7-10(16)4-5-12(11)17/h4-5,7,9,16-17H,1-3,6,8H2. The van der Waals surface area contributed by atoms with Crippen LogP contribution < -0.4 is 0 Å². The number of halogens is 1. The fourth-order valence-electron chi connectivity index (χ4n) is 2.28. The first-order valence-electron chi connectivity index (χ1n) is 6.02. The Morgan fingerprint density at radius 3 is 2.89 bits per heavy atom. The molecule has 0 aliphatic carbocycles. The molecule has 18 heavy (non-hydrogen) atoms. The summed E-state index contributed by atoms with van der Waals surface area (Å²) in [7, 11) is 0. The van der Waals surface area contributed by atoms with Gasteiger partial charge in [0.05, 0.1) is 5.56 Å². The average Bonchev–Trinajstić information content (AvgIpc) is 2.40. The van der Waals surface area contributed by atoms with Gasteiger partial charge in [-0.2, -0.15) is 0 Å². The number of alkyl halides is 1. The van der Waals surface area contributed by atoms with Crippen LogP contribution in [0.4, 0.5) is 0 Å². The highest BCUT2D eigenvalue weighted by atomic mass is 35.5. The van der Waals surface area contributed by atoms with Crippen LogP contribution in [0.25, 0.3) is 0 Å². The van der Waals surface area contributed by atoms with E-state index in [1.54, 1.807) is 4.90 Å². The normalized spacial score (nSPS) is 19.8. The predicted molar refractivity (Wildman–Crippen MR) is 69.2 cm³/mol. The number of hydrogen-bond donors (Lipinski definition) is 2.